The molecule has 1 amide bonds. The number of amides is 1. The number of hydrogen-bond donors (Lipinski definition) is 0. The van der Waals surface area contributed by atoms with E-state index in [0.29, 0.717) is 49.8 Å². The number of benzene rings is 1. The van der Waals surface area contributed by atoms with Crippen LogP contribution in [0, 0.1) is 0 Å². The number of nitrogens with zero attached hydrogens (tertiary/aromatic N) is 3. The summed E-state index contributed by atoms with van der Waals surface area (Å²) in [5.74, 6) is 0.906. The molecule has 198 valence electrons. The molecule has 1 fully saturated rings. The van der Waals surface area contributed by atoms with Gasteiger partial charge >= 0.3 is 12.1 Å². The summed E-state index contributed by atoms with van der Waals surface area (Å²) in [5.41, 5.74) is 0.321. The molecule has 0 saturated carbocycles. The van der Waals surface area contributed by atoms with E-state index in [4.69, 9.17) is 23.7 Å². The quantitative estimate of drug-likeness (QED) is 0.414. The van der Waals surface area contributed by atoms with E-state index in [2.05, 4.69) is 11.6 Å². The number of carbonyl (C=O) groups is 2. The molecule has 3 heterocycles. The first-order valence-electron chi connectivity index (χ1n) is 12.1. The Morgan fingerprint density at radius 3 is 2.65 bits per heavy atom. The summed E-state index contributed by atoms with van der Waals surface area (Å²) in [6.45, 7) is 11.3. The van der Waals surface area contributed by atoms with E-state index in [0.717, 1.165) is 5.69 Å². The summed E-state index contributed by atoms with van der Waals surface area (Å²) >= 11 is 0. The van der Waals surface area contributed by atoms with Crippen LogP contribution >= 0.6 is 0 Å². The fourth-order valence-corrected chi connectivity index (χ4v) is 4.35. The molecule has 10 nitrogen and oxygen atoms in total. The summed E-state index contributed by atoms with van der Waals surface area (Å²) in [6.07, 6.45) is 3.58. The Morgan fingerprint density at radius 1 is 1.19 bits per heavy atom. The van der Waals surface area contributed by atoms with Gasteiger partial charge in [-0.2, -0.15) is 0 Å². The van der Waals surface area contributed by atoms with Crippen molar-refractivity contribution in [3.05, 3.63) is 48.7 Å². The molecule has 1 aromatic heterocycles. The normalized spacial score (nSPS) is 18.9. The van der Waals surface area contributed by atoms with Gasteiger partial charge in [-0.1, -0.05) is 6.58 Å². The molecular formula is C27H33N3O7. The van der Waals surface area contributed by atoms with Crippen molar-refractivity contribution in [2.24, 2.45) is 0 Å². The molecule has 1 unspecified atom stereocenters. The van der Waals surface area contributed by atoms with Crippen molar-refractivity contribution in [3.63, 3.8) is 0 Å². The first-order valence-corrected chi connectivity index (χ1v) is 12.1. The van der Waals surface area contributed by atoms with E-state index in [9.17, 15) is 9.59 Å². The van der Waals surface area contributed by atoms with Crippen molar-refractivity contribution in [1.29, 1.82) is 0 Å². The lowest BCUT2D eigenvalue weighted by Gasteiger charge is -2.33. The van der Waals surface area contributed by atoms with Crippen molar-refractivity contribution in [1.82, 2.24) is 9.88 Å². The highest BCUT2D eigenvalue weighted by atomic mass is 16.6. The fourth-order valence-electron chi connectivity index (χ4n) is 4.35. The molecule has 1 atom stereocenters. The standard InChI is InChI=1S/C27H33N3O7/c1-7-27(10-11-29(17-27)25(32)37-26(2,3)4)36-19-8-9-22-21(15-19)30(12-13-35-22)18-14-20(24(31)34-6)23(33-5)28-16-18/h7-9,14-16H,1,10-13,17H2,2-6H3. The van der Waals surface area contributed by atoms with E-state index >= 15 is 0 Å². The Balaban J connectivity index is 1.60. The lowest BCUT2D eigenvalue weighted by Crippen LogP contribution is -2.41. The molecule has 0 N–H and O–H groups in total. The fraction of sp³-hybridized carbons (Fsp3) is 0.444. The lowest BCUT2D eigenvalue weighted by molar-refractivity contribution is 0.0249. The smallest absolute Gasteiger partial charge is 0.410 e. The predicted octanol–water partition coefficient (Wildman–Crippen LogP) is 4.35. The third-order valence-corrected chi connectivity index (χ3v) is 6.15. The number of carbonyl (C=O) groups excluding carboxylic acids is 2. The minimum atomic E-state index is -0.759. The number of pyridine rings is 1. The van der Waals surface area contributed by atoms with E-state index in [1.807, 2.05) is 43.9 Å². The zero-order chi connectivity index (χ0) is 26.8. The number of methoxy groups -OCH3 is 2. The average molecular weight is 512 g/mol. The monoisotopic (exact) mass is 511 g/mol. The van der Waals surface area contributed by atoms with Crippen molar-refractivity contribution in [2.45, 2.75) is 38.4 Å². The molecule has 2 aromatic rings. The second kappa shape index (κ2) is 10.2. The summed E-state index contributed by atoms with van der Waals surface area (Å²) < 4.78 is 27.9. The number of anilines is 2. The molecule has 2 aliphatic rings. The van der Waals surface area contributed by atoms with Gasteiger partial charge in [-0.25, -0.2) is 14.6 Å². The predicted molar refractivity (Wildman–Crippen MR) is 137 cm³/mol. The van der Waals surface area contributed by atoms with E-state index in [1.54, 1.807) is 23.2 Å². The van der Waals surface area contributed by atoms with Crippen LogP contribution in [0.4, 0.5) is 16.2 Å². The van der Waals surface area contributed by atoms with E-state index in [1.165, 1.54) is 14.2 Å². The molecule has 0 bridgehead atoms. The SMILES string of the molecule is C=CC1(Oc2ccc3c(c2)N(c2cnc(OC)c(C(=O)OC)c2)CCO3)CCN(C(=O)OC(C)(C)C)C1. The van der Waals surface area contributed by atoms with Crippen molar-refractivity contribution in [3.8, 4) is 17.4 Å². The summed E-state index contributed by atoms with van der Waals surface area (Å²) in [6, 6.07) is 7.22. The van der Waals surface area contributed by atoms with Gasteiger partial charge in [0.15, 0.2) is 0 Å². The van der Waals surface area contributed by atoms with Crippen LogP contribution in [0.3, 0.4) is 0 Å². The highest BCUT2D eigenvalue weighted by Crippen LogP contribution is 2.41. The number of ether oxygens (including phenoxy) is 5. The first-order chi connectivity index (χ1) is 17.6. The number of aromatic nitrogens is 1. The molecule has 0 spiro atoms. The van der Waals surface area contributed by atoms with Crippen LogP contribution in [0.5, 0.6) is 17.4 Å². The van der Waals surface area contributed by atoms with Crippen LogP contribution in [0.1, 0.15) is 37.6 Å². The van der Waals surface area contributed by atoms with Gasteiger partial charge in [-0.3, -0.25) is 0 Å². The third-order valence-electron chi connectivity index (χ3n) is 6.15. The number of likely N-dealkylation sites (tertiary alicyclic amines) is 1. The maximum Gasteiger partial charge on any atom is 0.410 e. The van der Waals surface area contributed by atoms with Gasteiger partial charge in [-0.15, -0.1) is 0 Å². The number of rotatable bonds is 6. The minimum absolute atomic E-state index is 0.185. The Morgan fingerprint density at radius 2 is 1.97 bits per heavy atom. The Hall–Kier alpha value is -3.95. The van der Waals surface area contributed by atoms with Gasteiger partial charge in [0.1, 0.15) is 34.9 Å². The zero-order valence-corrected chi connectivity index (χ0v) is 21.9. The molecule has 0 radical (unpaired) electrons. The highest BCUT2D eigenvalue weighted by molar-refractivity contribution is 5.93. The molecule has 37 heavy (non-hydrogen) atoms. The maximum absolute atomic E-state index is 12.6. The zero-order valence-electron chi connectivity index (χ0n) is 21.9. The lowest BCUT2D eigenvalue weighted by atomic mass is 10.0. The van der Waals surface area contributed by atoms with Crippen LogP contribution in [-0.2, 0) is 9.47 Å². The van der Waals surface area contributed by atoms with Gasteiger partial charge < -0.3 is 33.5 Å². The van der Waals surface area contributed by atoms with Crippen LogP contribution in [0.25, 0.3) is 0 Å². The van der Waals surface area contributed by atoms with Crippen molar-refractivity contribution in [2.75, 3.05) is 45.4 Å². The molecule has 10 heteroatoms. The molecule has 1 aromatic carbocycles. The molecule has 1 saturated heterocycles. The Labute approximate surface area is 216 Å². The Kier molecular flexibility index (Phi) is 7.20. The number of hydrogen-bond acceptors (Lipinski definition) is 9. The topological polar surface area (TPSA) is 99.7 Å². The van der Waals surface area contributed by atoms with Gasteiger partial charge in [0.05, 0.1) is 44.9 Å². The minimum Gasteiger partial charge on any atom is -0.490 e. The van der Waals surface area contributed by atoms with E-state index < -0.39 is 17.2 Å². The number of fused-ring (bicyclic) bond motifs is 1. The van der Waals surface area contributed by atoms with E-state index in [-0.39, 0.29) is 17.5 Å². The van der Waals surface area contributed by atoms with Crippen LogP contribution in [-0.4, -0.2) is 73.6 Å². The van der Waals surface area contributed by atoms with Crippen molar-refractivity contribution < 1.29 is 33.3 Å². The number of esters is 1. The highest BCUT2D eigenvalue weighted by Gasteiger charge is 2.41. The van der Waals surface area contributed by atoms with Crippen LogP contribution in [0.2, 0.25) is 0 Å². The summed E-state index contributed by atoms with van der Waals surface area (Å²) in [7, 11) is 2.76. The van der Waals surface area contributed by atoms with Crippen molar-refractivity contribution >= 4 is 23.4 Å². The van der Waals surface area contributed by atoms with Gasteiger partial charge in [-0.05, 0) is 45.0 Å². The first kappa shape index (κ1) is 26.1. The third kappa shape index (κ3) is 5.58. The van der Waals surface area contributed by atoms with Gasteiger partial charge in [0.25, 0.3) is 0 Å². The summed E-state index contributed by atoms with van der Waals surface area (Å²) in [5, 5.41) is 0. The molecule has 0 aliphatic carbocycles. The van der Waals surface area contributed by atoms with Gasteiger partial charge in [0, 0.05) is 19.0 Å². The summed E-state index contributed by atoms with van der Waals surface area (Å²) in [4.78, 5) is 32.8. The molecule has 4 rings (SSSR count). The van der Waals surface area contributed by atoms with Gasteiger partial charge in [0.2, 0.25) is 5.88 Å². The average Bonchev–Trinajstić information content (AvgIpc) is 3.31. The molecular weight excluding hydrogens is 478 g/mol. The maximum atomic E-state index is 12.6. The Bertz CT molecular complexity index is 1190. The second-order valence-corrected chi connectivity index (χ2v) is 9.89. The largest absolute Gasteiger partial charge is 0.490 e. The second-order valence-electron chi connectivity index (χ2n) is 9.89. The molecule has 2 aliphatic heterocycles. The van der Waals surface area contributed by atoms with Crippen LogP contribution in [0.15, 0.2) is 43.1 Å². The van der Waals surface area contributed by atoms with Crippen LogP contribution < -0.4 is 19.1 Å².